The third-order valence-corrected chi connectivity index (χ3v) is 8.86. The molecule has 1 fully saturated rings. The van der Waals surface area contributed by atoms with Crippen LogP contribution in [0.4, 0.5) is 4.79 Å². The lowest BCUT2D eigenvalue weighted by atomic mass is 9.72. The Morgan fingerprint density at radius 2 is 1.93 bits per heavy atom. The van der Waals surface area contributed by atoms with Crippen LogP contribution in [0.25, 0.3) is 11.1 Å². The smallest absolute Gasteiger partial charge is 0.404 e. The van der Waals surface area contributed by atoms with Gasteiger partial charge in [0.05, 0.1) is 18.1 Å². The fourth-order valence-electron chi connectivity index (χ4n) is 6.36. The lowest BCUT2D eigenvalue weighted by molar-refractivity contribution is -0.0563. The molecule has 1 heterocycles. The van der Waals surface area contributed by atoms with Crippen LogP contribution in [0.5, 0.6) is 0 Å². The van der Waals surface area contributed by atoms with E-state index in [1.165, 1.54) is 0 Å². The number of aliphatic hydroxyl groups is 1. The van der Waals surface area contributed by atoms with Crippen LogP contribution in [-0.4, -0.2) is 53.8 Å². The van der Waals surface area contributed by atoms with E-state index in [-0.39, 0.29) is 31.2 Å². The van der Waals surface area contributed by atoms with E-state index in [4.69, 9.17) is 16.7 Å². The number of benzene rings is 3. The Labute approximate surface area is 264 Å². The van der Waals surface area contributed by atoms with E-state index in [0.29, 0.717) is 60.6 Å². The molecule has 0 saturated carbocycles. The molecule has 9 heteroatoms. The van der Waals surface area contributed by atoms with Gasteiger partial charge in [-0.15, -0.1) is 0 Å². The highest BCUT2D eigenvalue weighted by Crippen LogP contribution is 2.46. The first-order chi connectivity index (χ1) is 21.2. The average molecular weight is 617 g/mol. The topological polar surface area (TPSA) is 126 Å². The second-order valence-corrected chi connectivity index (χ2v) is 11.8. The summed E-state index contributed by atoms with van der Waals surface area (Å²) in [6, 6.07) is 21.5. The number of hydrogen-bond donors (Lipinski definition) is 4. The van der Waals surface area contributed by atoms with Crippen molar-refractivity contribution < 1.29 is 19.8 Å². The number of nitrogens with one attached hydrogen (secondary N) is 2. The number of nitrogens with zero attached hydrogens (tertiary/aromatic N) is 2. The second-order valence-electron chi connectivity index (χ2n) is 11.4. The van der Waals surface area contributed by atoms with Gasteiger partial charge in [-0.1, -0.05) is 67.1 Å². The van der Waals surface area contributed by atoms with E-state index in [2.05, 4.69) is 35.8 Å². The summed E-state index contributed by atoms with van der Waals surface area (Å²) in [7, 11) is 1.85. The monoisotopic (exact) mass is 616 g/mol. The van der Waals surface area contributed by atoms with Crippen LogP contribution < -0.4 is 10.6 Å². The first kappa shape index (κ1) is 33.0. The molecular weight excluding hydrogens is 576 g/mol. The van der Waals surface area contributed by atoms with E-state index in [9.17, 15) is 20.0 Å². The Hall–Kier alpha value is -3.90. The molecule has 1 aliphatic heterocycles. The molecule has 0 aromatic heterocycles. The molecule has 2 amide bonds. The normalized spacial score (nSPS) is 16.2. The highest BCUT2D eigenvalue weighted by Gasteiger charge is 2.43. The number of amides is 2. The molecule has 0 bridgehead atoms. The van der Waals surface area contributed by atoms with E-state index in [1.54, 1.807) is 11.0 Å². The standard InChI is InChI=1S/C35H41ClN4O4/c1-3-24-8-4-9-27(20-24)32-30(11-5-12-31(32)36)35(44,16-7-18-39-34(42)43)28-10-6-19-40(23-28)33(41)29-14-13-25(22-38-2)21-26(29)15-17-37/h4-5,8-9,11-14,20-21,28,38-39,44H,3,6-7,10,15-16,18-19,22-23H2,1-2H3,(H,42,43)/t28-,35?/m1/s1. The summed E-state index contributed by atoms with van der Waals surface area (Å²) < 4.78 is 0. The number of rotatable bonds is 12. The summed E-state index contributed by atoms with van der Waals surface area (Å²) in [4.78, 5) is 26.9. The second kappa shape index (κ2) is 15.2. The van der Waals surface area contributed by atoms with Gasteiger partial charge in [0.1, 0.15) is 0 Å². The van der Waals surface area contributed by atoms with Crippen molar-refractivity contribution in [3.63, 3.8) is 0 Å². The highest BCUT2D eigenvalue weighted by atomic mass is 35.5. The van der Waals surface area contributed by atoms with Gasteiger partial charge in [0, 0.05) is 48.2 Å². The Morgan fingerprint density at radius 3 is 2.66 bits per heavy atom. The van der Waals surface area contributed by atoms with Crippen LogP contribution in [0.1, 0.15) is 65.2 Å². The Balaban J connectivity index is 1.73. The molecule has 4 rings (SSSR count). The van der Waals surface area contributed by atoms with Crippen LogP contribution in [0.15, 0.2) is 60.7 Å². The first-order valence-corrected chi connectivity index (χ1v) is 15.6. The molecule has 232 valence electrons. The number of halogens is 1. The number of likely N-dealkylation sites (tertiary alicyclic amines) is 1. The maximum absolute atomic E-state index is 13.9. The van der Waals surface area contributed by atoms with Crippen molar-refractivity contribution in [3.05, 3.63) is 93.5 Å². The van der Waals surface area contributed by atoms with Crippen LogP contribution >= 0.6 is 11.6 Å². The van der Waals surface area contributed by atoms with E-state index >= 15 is 0 Å². The Kier molecular flexibility index (Phi) is 11.4. The molecule has 1 aliphatic rings. The summed E-state index contributed by atoms with van der Waals surface area (Å²) >= 11 is 6.85. The molecule has 1 saturated heterocycles. The van der Waals surface area contributed by atoms with Crippen molar-refractivity contribution in [2.45, 2.75) is 57.6 Å². The van der Waals surface area contributed by atoms with Gasteiger partial charge in [0.2, 0.25) is 0 Å². The zero-order valence-corrected chi connectivity index (χ0v) is 26.2. The third-order valence-electron chi connectivity index (χ3n) is 8.55. The predicted octanol–water partition coefficient (Wildman–Crippen LogP) is 6.14. The summed E-state index contributed by atoms with van der Waals surface area (Å²) in [5.41, 5.74) is 4.26. The van der Waals surface area contributed by atoms with Crippen LogP contribution in [0.2, 0.25) is 5.02 Å². The van der Waals surface area contributed by atoms with Gasteiger partial charge in [-0.2, -0.15) is 5.26 Å². The molecule has 3 aromatic carbocycles. The van der Waals surface area contributed by atoms with Crippen molar-refractivity contribution in [1.82, 2.24) is 15.5 Å². The molecule has 44 heavy (non-hydrogen) atoms. The summed E-state index contributed by atoms with van der Waals surface area (Å²) in [5.74, 6) is -0.493. The molecule has 1 unspecified atom stereocenters. The van der Waals surface area contributed by atoms with Crippen molar-refractivity contribution >= 4 is 23.6 Å². The molecule has 4 N–H and O–H groups in total. The van der Waals surface area contributed by atoms with Gasteiger partial charge in [-0.05, 0) is 79.1 Å². The maximum atomic E-state index is 13.9. The maximum Gasteiger partial charge on any atom is 0.404 e. The fourth-order valence-corrected chi connectivity index (χ4v) is 6.64. The zero-order chi connectivity index (χ0) is 31.7. The average Bonchev–Trinajstić information content (AvgIpc) is 3.03. The quantitative estimate of drug-likeness (QED) is 0.181. The molecule has 0 radical (unpaired) electrons. The van der Waals surface area contributed by atoms with E-state index in [0.717, 1.165) is 28.7 Å². The molecule has 8 nitrogen and oxygen atoms in total. The van der Waals surface area contributed by atoms with Gasteiger partial charge in [-0.3, -0.25) is 4.79 Å². The minimum Gasteiger partial charge on any atom is -0.465 e. The van der Waals surface area contributed by atoms with Crippen LogP contribution in [0, 0.1) is 17.2 Å². The first-order valence-electron chi connectivity index (χ1n) is 15.2. The summed E-state index contributed by atoms with van der Waals surface area (Å²) in [5, 5.41) is 37.4. The van der Waals surface area contributed by atoms with Crippen LogP contribution in [-0.2, 0) is 25.0 Å². The lowest BCUT2D eigenvalue weighted by Crippen LogP contribution is -2.48. The van der Waals surface area contributed by atoms with Gasteiger partial charge in [0.25, 0.3) is 5.91 Å². The Bertz CT molecular complexity index is 1520. The minimum atomic E-state index is -1.40. The number of hydrogen-bond acceptors (Lipinski definition) is 5. The molecule has 2 atom stereocenters. The number of carbonyl (C=O) groups excluding carboxylic acids is 1. The van der Waals surface area contributed by atoms with Gasteiger partial charge in [-0.25, -0.2) is 4.79 Å². The van der Waals surface area contributed by atoms with Gasteiger partial charge >= 0.3 is 6.09 Å². The number of aryl methyl sites for hydroxylation is 1. The molecule has 0 spiro atoms. The SMILES string of the molecule is CCc1cccc(-c2c(Cl)cccc2C(O)(CCCNC(=O)O)[C@@H]2CCCN(C(=O)c3ccc(CNC)cc3CC#N)C2)c1. The van der Waals surface area contributed by atoms with Gasteiger partial charge in [0.15, 0.2) is 0 Å². The van der Waals surface area contributed by atoms with E-state index < -0.39 is 11.7 Å². The largest absolute Gasteiger partial charge is 0.465 e. The number of nitriles is 1. The highest BCUT2D eigenvalue weighted by molar-refractivity contribution is 6.33. The molecule has 0 aliphatic carbocycles. The predicted molar refractivity (Wildman–Crippen MR) is 173 cm³/mol. The van der Waals surface area contributed by atoms with Gasteiger partial charge < -0.3 is 25.7 Å². The molecule has 3 aromatic rings. The number of carboxylic acid groups (broad SMARTS) is 1. The third kappa shape index (κ3) is 7.59. The lowest BCUT2D eigenvalue weighted by Gasteiger charge is -2.44. The number of piperidine rings is 1. The van der Waals surface area contributed by atoms with E-state index in [1.807, 2.05) is 49.5 Å². The zero-order valence-electron chi connectivity index (χ0n) is 25.4. The molecular formula is C35H41ClN4O4. The summed E-state index contributed by atoms with van der Waals surface area (Å²) in [6.45, 7) is 3.75. The Morgan fingerprint density at radius 1 is 1.14 bits per heavy atom. The number of carbonyl (C=O) groups is 2. The van der Waals surface area contributed by atoms with Crippen molar-refractivity contribution in [3.8, 4) is 17.2 Å². The minimum absolute atomic E-state index is 0.124. The van der Waals surface area contributed by atoms with Crippen molar-refractivity contribution in [2.75, 3.05) is 26.7 Å². The van der Waals surface area contributed by atoms with Crippen molar-refractivity contribution in [2.24, 2.45) is 5.92 Å². The summed E-state index contributed by atoms with van der Waals surface area (Å²) in [6.07, 6.45) is 1.91. The van der Waals surface area contributed by atoms with Crippen molar-refractivity contribution in [1.29, 1.82) is 5.26 Å². The fraction of sp³-hybridized carbons (Fsp3) is 0.400. The van der Waals surface area contributed by atoms with Crippen LogP contribution in [0.3, 0.4) is 0 Å².